The van der Waals surface area contributed by atoms with Gasteiger partial charge in [-0.2, -0.15) is 0 Å². The first-order chi connectivity index (χ1) is 12.6. The van der Waals surface area contributed by atoms with Gasteiger partial charge in [0.15, 0.2) is 0 Å². The number of benzene rings is 2. The fourth-order valence-electron chi connectivity index (χ4n) is 3.32. The summed E-state index contributed by atoms with van der Waals surface area (Å²) in [6, 6.07) is 16.6. The molecule has 0 fully saturated rings. The van der Waals surface area contributed by atoms with Gasteiger partial charge >= 0.3 is 0 Å². The van der Waals surface area contributed by atoms with Gasteiger partial charge < -0.3 is 10.4 Å². The third-order valence-electron chi connectivity index (χ3n) is 4.60. The van der Waals surface area contributed by atoms with E-state index >= 15 is 0 Å². The molecule has 0 unspecified atom stereocenters. The summed E-state index contributed by atoms with van der Waals surface area (Å²) in [6.07, 6.45) is 2.67. The van der Waals surface area contributed by atoms with Gasteiger partial charge in [-0.1, -0.05) is 62.4 Å². The normalized spacial score (nSPS) is 11.0. The number of aromatic nitrogens is 1. The second-order valence-corrected chi connectivity index (χ2v) is 6.68. The number of hydrogen-bond acceptors (Lipinski definition) is 3. The zero-order chi connectivity index (χ0) is 18.5. The van der Waals surface area contributed by atoms with Gasteiger partial charge in [-0.25, -0.2) is 4.98 Å². The van der Waals surface area contributed by atoms with Gasteiger partial charge in [-0.3, -0.25) is 0 Å². The largest absolute Gasteiger partial charge is 0.505 e. The molecule has 0 aliphatic carbocycles. The molecule has 3 rings (SSSR count). The van der Waals surface area contributed by atoms with Crippen molar-refractivity contribution in [1.29, 1.82) is 0 Å². The van der Waals surface area contributed by atoms with Crippen LogP contribution in [0.4, 0.5) is 0 Å². The Bertz CT molecular complexity index is 916. The Hall–Kier alpha value is -2.65. The minimum Gasteiger partial charge on any atom is -0.505 e. The predicted octanol–water partition coefficient (Wildman–Crippen LogP) is 5.06. The van der Waals surface area contributed by atoms with Crippen molar-refractivity contribution < 1.29 is 5.11 Å². The molecule has 2 aromatic carbocycles. The average Bonchev–Trinajstić information content (AvgIpc) is 2.65. The lowest BCUT2D eigenvalue weighted by Crippen LogP contribution is -2.09. The second kappa shape index (κ2) is 8.15. The van der Waals surface area contributed by atoms with Crippen molar-refractivity contribution in [2.75, 3.05) is 7.05 Å². The lowest BCUT2D eigenvalue weighted by atomic mass is 9.97. The van der Waals surface area contributed by atoms with E-state index in [4.69, 9.17) is 4.98 Å². The van der Waals surface area contributed by atoms with Crippen LogP contribution in [-0.2, 0) is 13.0 Å². The van der Waals surface area contributed by atoms with Crippen molar-refractivity contribution in [1.82, 2.24) is 10.3 Å². The molecule has 0 aliphatic rings. The highest BCUT2D eigenvalue weighted by Crippen LogP contribution is 2.35. The van der Waals surface area contributed by atoms with E-state index < -0.39 is 0 Å². The molecule has 0 aliphatic heterocycles. The maximum Gasteiger partial charge on any atom is 0.149 e. The van der Waals surface area contributed by atoms with Gasteiger partial charge in [-0.15, -0.1) is 0 Å². The van der Waals surface area contributed by atoms with Crippen LogP contribution < -0.4 is 5.32 Å². The van der Waals surface area contributed by atoms with Crippen molar-refractivity contribution >= 4 is 16.3 Å². The number of allylic oxidation sites excluding steroid dienone is 1. The summed E-state index contributed by atoms with van der Waals surface area (Å²) in [6.45, 7) is 6.87. The number of hydrogen-bond donors (Lipinski definition) is 2. The summed E-state index contributed by atoms with van der Waals surface area (Å²) in [5, 5.41) is 15.8. The smallest absolute Gasteiger partial charge is 0.149 e. The Kier molecular flexibility index (Phi) is 5.69. The number of nitrogens with zero attached hydrogens (tertiary/aromatic N) is 1. The molecule has 2 N–H and O–H groups in total. The molecule has 0 saturated heterocycles. The molecule has 0 radical (unpaired) electrons. The van der Waals surface area contributed by atoms with Crippen molar-refractivity contribution in [2.45, 2.75) is 32.7 Å². The van der Waals surface area contributed by atoms with Crippen LogP contribution in [0, 0.1) is 0 Å². The van der Waals surface area contributed by atoms with Crippen LogP contribution in [-0.4, -0.2) is 17.1 Å². The summed E-state index contributed by atoms with van der Waals surface area (Å²) in [4.78, 5) is 4.74. The van der Waals surface area contributed by atoms with Gasteiger partial charge in [0.05, 0.1) is 5.69 Å². The van der Waals surface area contributed by atoms with Gasteiger partial charge in [0.1, 0.15) is 11.4 Å². The number of aromatic hydroxyl groups is 1. The first kappa shape index (κ1) is 18.2. The van der Waals surface area contributed by atoms with Crippen LogP contribution in [0.25, 0.3) is 16.3 Å². The van der Waals surface area contributed by atoms with Gasteiger partial charge in [-0.05, 0) is 42.7 Å². The molecule has 3 nitrogen and oxygen atoms in total. The number of rotatable bonds is 7. The van der Waals surface area contributed by atoms with E-state index in [0.29, 0.717) is 12.2 Å². The third kappa shape index (κ3) is 3.78. The van der Waals surface area contributed by atoms with E-state index in [-0.39, 0.29) is 5.75 Å². The Balaban J connectivity index is 2.08. The van der Waals surface area contributed by atoms with Crippen LogP contribution in [0.1, 0.15) is 42.3 Å². The van der Waals surface area contributed by atoms with Crippen LogP contribution in [0.5, 0.6) is 5.75 Å². The topological polar surface area (TPSA) is 45.2 Å². The standard InChI is InChI=1S/C23H26N2O/c1-4-8-16(2)22-23(26)19-12-11-18(13-17-9-6-5-7-10-17)14-20(19)21(25-22)15-24-3/h5-7,9-12,14,24,26H,2,4,8,13,15H2,1,3H3. The molecule has 1 aromatic heterocycles. The SMILES string of the molecule is C=C(CCC)c1nc(CNC)c2cc(Cc3ccccc3)ccc2c1O. The molecule has 3 heteroatoms. The Morgan fingerprint density at radius 1 is 1.08 bits per heavy atom. The molecule has 0 bridgehead atoms. The van der Waals surface area contributed by atoms with Crippen molar-refractivity contribution in [2.24, 2.45) is 0 Å². The molecule has 0 atom stereocenters. The highest BCUT2D eigenvalue weighted by atomic mass is 16.3. The molecule has 134 valence electrons. The summed E-state index contributed by atoms with van der Waals surface area (Å²) >= 11 is 0. The van der Waals surface area contributed by atoms with Gasteiger partial charge in [0, 0.05) is 17.3 Å². The van der Waals surface area contributed by atoms with E-state index in [1.807, 2.05) is 19.2 Å². The molecule has 1 heterocycles. The number of fused-ring (bicyclic) bond motifs is 1. The summed E-state index contributed by atoms with van der Waals surface area (Å²) in [7, 11) is 1.91. The van der Waals surface area contributed by atoms with E-state index in [1.165, 1.54) is 11.1 Å². The number of pyridine rings is 1. The Morgan fingerprint density at radius 3 is 2.54 bits per heavy atom. The molecular formula is C23H26N2O. The summed E-state index contributed by atoms with van der Waals surface area (Å²) in [5.74, 6) is 0.240. The van der Waals surface area contributed by atoms with Crippen molar-refractivity contribution in [3.05, 3.63) is 77.6 Å². The molecule has 0 spiro atoms. The Morgan fingerprint density at radius 2 is 1.85 bits per heavy atom. The highest BCUT2D eigenvalue weighted by Gasteiger charge is 2.15. The Labute approximate surface area is 155 Å². The van der Waals surface area contributed by atoms with Crippen LogP contribution in [0.2, 0.25) is 0 Å². The van der Waals surface area contributed by atoms with E-state index in [1.54, 1.807) is 0 Å². The van der Waals surface area contributed by atoms with E-state index in [0.717, 1.165) is 41.3 Å². The lowest BCUT2D eigenvalue weighted by Gasteiger charge is -2.14. The van der Waals surface area contributed by atoms with E-state index in [9.17, 15) is 5.11 Å². The predicted molar refractivity (Wildman–Crippen MR) is 109 cm³/mol. The molecule has 26 heavy (non-hydrogen) atoms. The summed E-state index contributed by atoms with van der Waals surface area (Å²) in [5.41, 5.74) is 4.94. The van der Waals surface area contributed by atoms with E-state index in [2.05, 4.69) is 55.2 Å². The minimum atomic E-state index is 0.240. The minimum absolute atomic E-state index is 0.240. The van der Waals surface area contributed by atoms with Gasteiger partial charge in [0.25, 0.3) is 0 Å². The van der Waals surface area contributed by atoms with Crippen LogP contribution >= 0.6 is 0 Å². The highest BCUT2D eigenvalue weighted by molar-refractivity contribution is 5.93. The average molecular weight is 346 g/mol. The van der Waals surface area contributed by atoms with Crippen LogP contribution in [0.15, 0.2) is 55.1 Å². The fraction of sp³-hybridized carbons (Fsp3) is 0.261. The van der Waals surface area contributed by atoms with Crippen molar-refractivity contribution in [3.63, 3.8) is 0 Å². The summed E-state index contributed by atoms with van der Waals surface area (Å²) < 4.78 is 0. The molecule has 3 aromatic rings. The molecule has 0 saturated carbocycles. The fourth-order valence-corrected chi connectivity index (χ4v) is 3.32. The first-order valence-corrected chi connectivity index (χ1v) is 9.15. The first-order valence-electron chi connectivity index (χ1n) is 9.15. The van der Waals surface area contributed by atoms with Crippen molar-refractivity contribution in [3.8, 4) is 5.75 Å². The van der Waals surface area contributed by atoms with Crippen LogP contribution in [0.3, 0.4) is 0 Å². The monoisotopic (exact) mass is 346 g/mol. The second-order valence-electron chi connectivity index (χ2n) is 6.68. The maximum absolute atomic E-state index is 10.8. The van der Waals surface area contributed by atoms with Gasteiger partial charge in [0.2, 0.25) is 0 Å². The zero-order valence-electron chi connectivity index (χ0n) is 15.5. The number of nitrogens with one attached hydrogen (secondary N) is 1. The molecular weight excluding hydrogens is 320 g/mol. The third-order valence-corrected chi connectivity index (χ3v) is 4.60. The molecule has 0 amide bonds. The lowest BCUT2D eigenvalue weighted by molar-refractivity contribution is 0.476. The maximum atomic E-state index is 10.8. The zero-order valence-corrected chi connectivity index (χ0v) is 15.5. The quantitative estimate of drug-likeness (QED) is 0.628.